The average Bonchev–Trinajstić information content (AvgIpc) is 2.35. The van der Waals surface area contributed by atoms with E-state index in [1.165, 1.54) is 25.7 Å². The van der Waals surface area contributed by atoms with Crippen molar-refractivity contribution in [1.29, 1.82) is 0 Å². The van der Waals surface area contributed by atoms with Crippen molar-refractivity contribution in [2.75, 3.05) is 0 Å². The maximum atomic E-state index is 6.31. The predicted octanol–water partition coefficient (Wildman–Crippen LogP) is 3.89. The SMILES string of the molecule is NC1CCCC=C1CC1C2CC3CC(C2)CC1C3. The zero-order chi connectivity index (χ0) is 12.1. The van der Waals surface area contributed by atoms with Gasteiger partial charge in [-0.15, -0.1) is 0 Å². The second-order valence-electron chi connectivity index (χ2n) is 7.62. The average molecular weight is 245 g/mol. The second-order valence-corrected chi connectivity index (χ2v) is 7.62. The number of hydrogen-bond acceptors (Lipinski definition) is 1. The minimum Gasteiger partial charge on any atom is -0.324 e. The zero-order valence-electron chi connectivity index (χ0n) is 11.5. The lowest BCUT2D eigenvalue weighted by Gasteiger charge is -2.55. The molecule has 1 nitrogen and oxygen atoms in total. The van der Waals surface area contributed by atoms with Gasteiger partial charge in [0.25, 0.3) is 0 Å². The molecular weight excluding hydrogens is 218 g/mol. The highest BCUT2D eigenvalue weighted by molar-refractivity contribution is 5.15. The van der Waals surface area contributed by atoms with Crippen LogP contribution in [0.2, 0.25) is 0 Å². The molecule has 5 rings (SSSR count). The molecule has 4 fully saturated rings. The molecule has 1 unspecified atom stereocenters. The van der Waals surface area contributed by atoms with Gasteiger partial charge in [0.1, 0.15) is 0 Å². The number of hydrogen-bond donors (Lipinski definition) is 1. The van der Waals surface area contributed by atoms with Gasteiger partial charge in [-0.1, -0.05) is 11.6 Å². The van der Waals surface area contributed by atoms with Crippen LogP contribution in [0.15, 0.2) is 11.6 Å². The highest BCUT2D eigenvalue weighted by Crippen LogP contribution is 2.58. The third-order valence-corrected chi connectivity index (χ3v) is 6.50. The summed E-state index contributed by atoms with van der Waals surface area (Å²) in [6, 6.07) is 0.399. The lowest BCUT2D eigenvalue weighted by molar-refractivity contribution is -0.0365. The summed E-state index contributed by atoms with van der Waals surface area (Å²) in [6.45, 7) is 0. The third kappa shape index (κ3) is 1.86. The van der Waals surface area contributed by atoms with Crippen molar-refractivity contribution >= 4 is 0 Å². The zero-order valence-corrected chi connectivity index (χ0v) is 11.5. The topological polar surface area (TPSA) is 26.0 Å². The molecule has 0 aromatic heterocycles. The molecule has 0 heterocycles. The molecule has 4 saturated carbocycles. The van der Waals surface area contributed by atoms with E-state index in [-0.39, 0.29) is 0 Å². The van der Waals surface area contributed by atoms with E-state index >= 15 is 0 Å². The van der Waals surface area contributed by atoms with Gasteiger partial charge in [-0.3, -0.25) is 0 Å². The van der Waals surface area contributed by atoms with Crippen LogP contribution >= 0.6 is 0 Å². The van der Waals surface area contributed by atoms with Gasteiger partial charge in [-0.25, -0.2) is 0 Å². The van der Waals surface area contributed by atoms with Gasteiger partial charge in [0.05, 0.1) is 0 Å². The fourth-order valence-corrected chi connectivity index (χ4v) is 5.84. The van der Waals surface area contributed by atoms with Gasteiger partial charge < -0.3 is 5.73 Å². The summed E-state index contributed by atoms with van der Waals surface area (Å²) in [4.78, 5) is 0. The fourth-order valence-electron chi connectivity index (χ4n) is 5.84. The fraction of sp³-hybridized carbons (Fsp3) is 0.882. The molecule has 0 amide bonds. The van der Waals surface area contributed by atoms with E-state index in [1.54, 1.807) is 37.7 Å². The smallest absolute Gasteiger partial charge is 0.0253 e. The Morgan fingerprint density at radius 1 is 1.00 bits per heavy atom. The van der Waals surface area contributed by atoms with E-state index in [9.17, 15) is 0 Å². The number of allylic oxidation sites excluding steroid dienone is 1. The van der Waals surface area contributed by atoms with Crippen molar-refractivity contribution in [3.05, 3.63) is 11.6 Å². The van der Waals surface area contributed by atoms with Crippen LogP contribution in [0.3, 0.4) is 0 Å². The molecular formula is C17H27N. The maximum absolute atomic E-state index is 6.31. The van der Waals surface area contributed by atoms with Crippen LogP contribution in [0.1, 0.15) is 57.8 Å². The molecule has 0 aliphatic heterocycles. The molecule has 100 valence electrons. The second kappa shape index (κ2) is 4.37. The molecule has 18 heavy (non-hydrogen) atoms. The molecule has 5 aliphatic carbocycles. The first-order valence-electron chi connectivity index (χ1n) is 8.24. The first-order chi connectivity index (χ1) is 8.79. The van der Waals surface area contributed by atoms with Crippen LogP contribution in [0.25, 0.3) is 0 Å². The van der Waals surface area contributed by atoms with Gasteiger partial charge in [0, 0.05) is 6.04 Å². The van der Waals surface area contributed by atoms with Crippen LogP contribution in [-0.4, -0.2) is 6.04 Å². The summed E-state index contributed by atoms with van der Waals surface area (Å²) >= 11 is 0. The Morgan fingerprint density at radius 3 is 2.28 bits per heavy atom. The summed E-state index contributed by atoms with van der Waals surface area (Å²) < 4.78 is 0. The van der Waals surface area contributed by atoms with Gasteiger partial charge in [0.2, 0.25) is 0 Å². The van der Waals surface area contributed by atoms with E-state index < -0.39 is 0 Å². The maximum Gasteiger partial charge on any atom is 0.0253 e. The normalized spacial score (nSPS) is 50.4. The van der Waals surface area contributed by atoms with Crippen molar-refractivity contribution in [3.8, 4) is 0 Å². The van der Waals surface area contributed by atoms with E-state index in [2.05, 4.69) is 6.08 Å². The number of rotatable bonds is 2. The summed E-state index contributed by atoms with van der Waals surface area (Å²) in [5, 5.41) is 0. The first kappa shape index (κ1) is 11.5. The van der Waals surface area contributed by atoms with Gasteiger partial charge >= 0.3 is 0 Å². The molecule has 5 aliphatic rings. The monoisotopic (exact) mass is 245 g/mol. The molecule has 1 atom stereocenters. The Balaban J connectivity index is 1.50. The van der Waals surface area contributed by atoms with Crippen LogP contribution in [0.5, 0.6) is 0 Å². The quantitative estimate of drug-likeness (QED) is 0.734. The molecule has 0 saturated heterocycles. The molecule has 4 bridgehead atoms. The first-order valence-corrected chi connectivity index (χ1v) is 8.24. The Hall–Kier alpha value is -0.300. The van der Waals surface area contributed by atoms with Crippen LogP contribution < -0.4 is 5.73 Å². The molecule has 1 heteroatoms. The molecule has 0 aromatic rings. The van der Waals surface area contributed by atoms with Gasteiger partial charge in [0.15, 0.2) is 0 Å². The molecule has 0 radical (unpaired) electrons. The standard InChI is InChI=1S/C17H27N/c18-17-4-2-1-3-13(17)10-16-14-6-11-5-12(8-14)9-15(16)7-11/h3,11-12,14-17H,1-2,4-10,18H2. The third-order valence-electron chi connectivity index (χ3n) is 6.50. The molecule has 2 N–H and O–H groups in total. The Kier molecular flexibility index (Phi) is 2.80. The van der Waals surface area contributed by atoms with E-state index in [0.717, 1.165) is 29.6 Å². The Morgan fingerprint density at radius 2 is 1.67 bits per heavy atom. The van der Waals surface area contributed by atoms with Crippen LogP contribution in [0, 0.1) is 29.6 Å². The molecule has 0 aromatic carbocycles. The summed E-state index contributed by atoms with van der Waals surface area (Å²) in [5.74, 6) is 5.36. The predicted molar refractivity (Wildman–Crippen MR) is 75.1 cm³/mol. The Labute approximate surface area is 111 Å². The lowest BCUT2D eigenvalue weighted by Crippen LogP contribution is -2.45. The van der Waals surface area contributed by atoms with Crippen molar-refractivity contribution in [2.45, 2.75) is 63.8 Å². The van der Waals surface area contributed by atoms with Crippen molar-refractivity contribution in [2.24, 2.45) is 35.3 Å². The van der Waals surface area contributed by atoms with Crippen molar-refractivity contribution < 1.29 is 0 Å². The minimum absolute atomic E-state index is 0.399. The van der Waals surface area contributed by atoms with Gasteiger partial charge in [-0.05, 0) is 87.4 Å². The molecule has 0 spiro atoms. The summed E-state index contributed by atoms with van der Waals surface area (Å²) in [5.41, 5.74) is 7.94. The highest BCUT2D eigenvalue weighted by atomic mass is 14.6. The van der Waals surface area contributed by atoms with Crippen LogP contribution in [0.4, 0.5) is 0 Å². The highest BCUT2D eigenvalue weighted by Gasteiger charge is 2.48. The lowest BCUT2D eigenvalue weighted by atomic mass is 9.51. The summed E-state index contributed by atoms with van der Waals surface area (Å²) in [7, 11) is 0. The van der Waals surface area contributed by atoms with E-state index in [4.69, 9.17) is 5.73 Å². The Bertz CT molecular complexity index is 329. The van der Waals surface area contributed by atoms with E-state index in [0.29, 0.717) is 6.04 Å². The minimum atomic E-state index is 0.399. The van der Waals surface area contributed by atoms with Gasteiger partial charge in [-0.2, -0.15) is 0 Å². The van der Waals surface area contributed by atoms with Crippen molar-refractivity contribution in [3.63, 3.8) is 0 Å². The number of nitrogens with two attached hydrogens (primary N) is 1. The van der Waals surface area contributed by atoms with Crippen LogP contribution in [-0.2, 0) is 0 Å². The largest absolute Gasteiger partial charge is 0.324 e. The van der Waals surface area contributed by atoms with E-state index in [1.807, 2.05) is 0 Å². The summed E-state index contributed by atoms with van der Waals surface area (Å²) in [6.07, 6.45) is 15.5. The van der Waals surface area contributed by atoms with Crippen molar-refractivity contribution in [1.82, 2.24) is 0 Å².